The Morgan fingerprint density at radius 3 is 2.87 bits per heavy atom. The Balaban J connectivity index is 1.58. The third-order valence-electron chi connectivity index (χ3n) is 5.87. The van der Waals surface area contributed by atoms with E-state index in [1.807, 2.05) is 19.9 Å². The predicted octanol–water partition coefficient (Wildman–Crippen LogP) is 4.08. The standard InChI is InChI=1S/C22H27N3O3S2/c1-12-9-16(14(3)25(12)13(2)10-28-5)17(26)11-29-22-23-20-19(21(27)24(22)4)15-7-6-8-18(15)30-20/h9,13H,6-8,10-11H2,1-5H3. The highest BCUT2D eigenvalue weighted by atomic mass is 32.2. The number of aryl methyl sites for hydroxylation is 3. The second kappa shape index (κ2) is 8.32. The summed E-state index contributed by atoms with van der Waals surface area (Å²) in [5.41, 5.74) is 3.92. The fourth-order valence-electron chi connectivity index (χ4n) is 4.50. The zero-order valence-corrected chi connectivity index (χ0v) is 19.7. The predicted molar refractivity (Wildman–Crippen MR) is 122 cm³/mol. The lowest BCUT2D eigenvalue weighted by Crippen LogP contribution is -2.20. The van der Waals surface area contributed by atoms with Crippen molar-refractivity contribution < 1.29 is 9.53 Å². The second-order valence-corrected chi connectivity index (χ2v) is 9.99. The van der Waals surface area contributed by atoms with E-state index in [1.165, 1.54) is 22.2 Å². The molecule has 8 heteroatoms. The highest BCUT2D eigenvalue weighted by Gasteiger charge is 2.23. The van der Waals surface area contributed by atoms with Gasteiger partial charge in [-0.1, -0.05) is 11.8 Å². The topological polar surface area (TPSA) is 66.1 Å². The highest BCUT2D eigenvalue weighted by molar-refractivity contribution is 7.99. The van der Waals surface area contributed by atoms with Gasteiger partial charge in [-0.2, -0.15) is 0 Å². The molecule has 0 saturated heterocycles. The summed E-state index contributed by atoms with van der Waals surface area (Å²) in [6.07, 6.45) is 3.12. The number of hydrogen-bond acceptors (Lipinski definition) is 6. The summed E-state index contributed by atoms with van der Waals surface area (Å²) in [5.74, 6) is 0.298. The van der Waals surface area contributed by atoms with E-state index >= 15 is 0 Å². The lowest BCUT2D eigenvalue weighted by Gasteiger charge is -2.17. The van der Waals surface area contributed by atoms with Crippen LogP contribution in [0.3, 0.4) is 0 Å². The molecule has 0 radical (unpaired) electrons. The largest absolute Gasteiger partial charge is 0.383 e. The van der Waals surface area contributed by atoms with Crippen LogP contribution < -0.4 is 5.56 Å². The number of Topliss-reactive ketones (excluding diaryl/α,β-unsaturated/α-hetero) is 1. The van der Waals surface area contributed by atoms with Crippen molar-refractivity contribution in [2.45, 2.75) is 51.2 Å². The van der Waals surface area contributed by atoms with Crippen molar-refractivity contribution in [2.75, 3.05) is 19.5 Å². The molecule has 1 atom stereocenters. The minimum atomic E-state index is 0.000849. The molecule has 6 nitrogen and oxygen atoms in total. The first-order chi connectivity index (χ1) is 14.3. The number of ether oxygens (including phenoxy) is 1. The van der Waals surface area contributed by atoms with Crippen molar-refractivity contribution in [3.8, 4) is 0 Å². The number of ketones is 1. The van der Waals surface area contributed by atoms with E-state index in [4.69, 9.17) is 9.72 Å². The number of thiophene rings is 1. The van der Waals surface area contributed by atoms with E-state index in [2.05, 4.69) is 11.5 Å². The maximum absolute atomic E-state index is 13.0. The van der Waals surface area contributed by atoms with E-state index in [1.54, 1.807) is 30.1 Å². The van der Waals surface area contributed by atoms with Crippen molar-refractivity contribution in [1.29, 1.82) is 0 Å². The van der Waals surface area contributed by atoms with E-state index in [9.17, 15) is 9.59 Å². The van der Waals surface area contributed by atoms with Crippen LogP contribution >= 0.6 is 23.1 Å². The van der Waals surface area contributed by atoms with Gasteiger partial charge in [-0.05, 0) is 51.7 Å². The Morgan fingerprint density at radius 1 is 1.37 bits per heavy atom. The quantitative estimate of drug-likeness (QED) is 0.311. The lowest BCUT2D eigenvalue weighted by molar-refractivity contribution is 0.102. The van der Waals surface area contributed by atoms with Crippen LogP contribution in [0.25, 0.3) is 10.2 Å². The van der Waals surface area contributed by atoms with Crippen molar-refractivity contribution in [1.82, 2.24) is 14.1 Å². The smallest absolute Gasteiger partial charge is 0.262 e. The summed E-state index contributed by atoms with van der Waals surface area (Å²) in [6, 6.07) is 2.11. The van der Waals surface area contributed by atoms with Gasteiger partial charge in [0.25, 0.3) is 5.56 Å². The zero-order valence-electron chi connectivity index (χ0n) is 18.1. The van der Waals surface area contributed by atoms with Crippen LogP contribution in [-0.2, 0) is 24.6 Å². The fraction of sp³-hybridized carbons (Fsp3) is 0.500. The molecule has 0 aliphatic heterocycles. The molecule has 1 unspecified atom stereocenters. The summed E-state index contributed by atoms with van der Waals surface area (Å²) >= 11 is 2.97. The summed E-state index contributed by atoms with van der Waals surface area (Å²) in [4.78, 5) is 32.8. The summed E-state index contributed by atoms with van der Waals surface area (Å²) < 4.78 is 9.02. The number of fused-ring (bicyclic) bond motifs is 3. The van der Waals surface area contributed by atoms with Crippen molar-refractivity contribution in [3.63, 3.8) is 0 Å². The Hall–Kier alpha value is -1.90. The summed E-state index contributed by atoms with van der Waals surface area (Å²) in [5, 5.41) is 1.38. The Bertz CT molecular complexity index is 1190. The van der Waals surface area contributed by atoms with Crippen LogP contribution in [0, 0.1) is 13.8 Å². The minimum Gasteiger partial charge on any atom is -0.383 e. The van der Waals surface area contributed by atoms with Gasteiger partial charge in [-0.3, -0.25) is 14.2 Å². The molecule has 3 aromatic heterocycles. The van der Waals surface area contributed by atoms with Crippen molar-refractivity contribution in [3.05, 3.63) is 43.8 Å². The molecule has 0 N–H and O–H groups in total. The van der Waals surface area contributed by atoms with Gasteiger partial charge in [-0.25, -0.2) is 4.98 Å². The molecule has 1 aliphatic carbocycles. The van der Waals surface area contributed by atoms with Crippen LogP contribution in [0.15, 0.2) is 16.0 Å². The monoisotopic (exact) mass is 445 g/mol. The lowest BCUT2D eigenvalue weighted by atomic mass is 10.2. The van der Waals surface area contributed by atoms with Crippen LogP contribution in [0.5, 0.6) is 0 Å². The van der Waals surface area contributed by atoms with Gasteiger partial charge in [0.2, 0.25) is 0 Å². The molecule has 3 aromatic rings. The molecule has 0 fully saturated rings. The number of aromatic nitrogens is 3. The van der Waals surface area contributed by atoms with Crippen molar-refractivity contribution >= 4 is 39.1 Å². The van der Waals surface area contributed by atoms with Crippen LogP contribution in [0.2, 0.25) is 0 Å². The first-order valence-corrected chi connectivity index (χ1v) is 12.0. The van der Waals surface area contributed by atoms with Gasteiger partial charge >= 0.3 is 0 Å². The summed E-state index contributed by atoms with van der Waals surface area (Å²) in [6.45, 7) is 6.66. The second-order valence-electron chi connectivity index (χ2n) is 7.97. The molecule has 0 aromatic carbocycles. The van der Waals surface area contributed by atoms with Gasteiger partial charge in [0.15, 0.2) is 10.9 Å². The molecular formula is C22H27N3O3S2. The van der Waals surface area contributed by atoms with E-state index in [-0.39, 0.29) is 23.1 Å². The van der Waals surface area contributed by atoms with E-state index in [0.717, 1.165) is 46.4 Å². The Morgan fingerprint density at radius 2 is 2.13 bits per heavy atom. The van der Waals surface area contributed by atoms with Gasteiger partial charge in [0.1, 0.15) is 4.83 Å². The average Bonchev–Trinajstić information content (AvgIpc) is 3.36. The maximum Gasteiger partial charge on any atom is 0.262 e. The first kappa shape index (κ1) is 21.3. The first-order valence-electron chi connectivity index (χ1n) is 10.2. The normalized spacial score (nSPS) is 14.4. The minimum absolute atomic E-state index is 0.000849. The Kier molecular flexibility index (Phi) is 5.92. The maximum atomic E-state index is 13.0. The van der Waals surface area contributed by atoms with Crippen LogP contribution in [0.1, 0.15) is 51.6 Å². The molecule has 4 rings (SSSR count). The SMILES string of the molecule is COCC(C)n1c(C)cc(C(=O)CSc2nc3sc4c(c3c(=O)n2C)CCC4)c1C. The molecular weight excluding hydrogens is 418 g/mol. The number of carbonyl (C=O) groups excluding carboxylic acids is 1. The fourth-order valence-corrected chi connectivity index (χ4v) is 6.65. The molecule has 160 valence electrons. The van der Waals surface area contributed by atoms with E-state index in [0.29, 0.717) is 11.8 Å². The van der Waals surface area contributed by atoms with Crippen molar-refractivity contribution in [2.24, 2.45) is 7.05 Å². The number of hydrogen-bond donors (Lipinski definition) is 0. The molecule has 0 bridgehead atoms. The molecule has 30 heavy (non-hydrogen) atoms. The van der Waals surface area contributed by atoms with Gasteiger partial charge < -0.3 is 9.30 Å². The number of rotatable bonds is 7. The zero-order chi connectivity index (χ0) is 21.6. The molecule has 3 heterocycles. The molecule has 0 amide bonds. The number of methoxy groups -OCH3 is 1. The Labute approximate surface area is 184 Å². The molecule has 0 saturated carbocycles. The van der Waals surface area contributed by atoms with E-state index < -0.39 is 0 Å². The molecule has 0 spiro atoms. The van der Waals surface area contributed by atoms with Crippen LogP contribution in [-0.4, -0.2) is 39.4 Å². The van der Waals surface area contributed by atoms with Crippen LogP contribution in [0.4, 0.5) is 0 Å². The highest BCUT2D eigenvalue weighted by Crippen LogP contribution is 2.35. The number of carbonyl (C=O) groups is 1. The number of thioether (sulfide) groups is 1. The third-order valence-corrected chi connectivity index (χ3v) is 8.09. The van der Waals surface area contributed by atoms with Gasteiger partial charge in [0, 0.05) is 36.0 Å². The van der Waals surface area contributed by atoms with Gasteiger partial charge in [-0.15, -0.1) is 11.3 Å². The number of nitrogens with zero attached hydrogens (tertiary/aromatic N) is 3. The molecule has 1 aliphatic rings. The summed E-state index contributed by atoms with van der Waals surface area (Å²) in [7, 11) is 3.43. The average molecular weight is 446 g/mol. The van der Waals surface area contributed by atoms with Gasteiger partial charge in [0.05, 0.1) is 23.8 Å². The third kappa shape index (κ3) is 3.55.